The largest absolute Gasteiger partial charge is 0.470 e. The van der Waals surface area contributed by atoms with Crippen LogP contribution in [0.15, 0.2) is 0 Å². The minimum Gasteiger partial charge on any atom is -0.470 e. The van der Waals surface area contributed by atoms with Crippen molar-refractivity contribution in [2.45, 2.75) is 25.7 Å². The van der Waals surface area contributed by atoms with E-state index >= 15 is 0 Å². The summed E-state index contributed by atoms with van der Waals surface area (Å²) < 4.78 is 0. The Morgan fingerprint density at radius 2 is 2.14 bits per heavy atom. The molecule has 7 heavy (non-hydrogen) atoms. The maximum Gasteiger partial charge on any atom is -0.0325 e. The van der Waals surface area contributed by atoms with Crippen molar-refractivity contribution >= 4 is 0 Å². The lowest BCUT2D eigenvalue weighted by Crippen LogP contribution is -2.07. The molecule has 0 saturated carbocycles. The van der Waals surface area contributed by atoms with E-state index in [4.69, 9.17) is 0 Å². The molecule has 1 aliphatic rings. The molecular formula is C6H12N-. The summed E-state index contributed by atoms with van der Waals surface area (Å²) in [6.07, 6.45) is 5.41. The van der Waals surface area contributed by atoms with Gasteiger partial charge in [-0.2, -0.15) is 6.42 Å². The fourth-order valence-electron chi connectivity index (χ4n) is 0.854. The molecule has 0 bridgehead atoms. The molecular weight excluding hydrogens is 86.1 g/mol. The van der Waals surface area contributed by atoms with Crippen molar-refractivity contribution in [2.24, 2.45) is 0 Å². The van der Waals surface area contributed by atoms with E-state index in [1.54, 1.807) is 0 Å². The van der Waals surface area contributed by atoms with E-state index in [1.165, 1.54) is 32.2 Å². The molecule has 1 heterocycles. The van der Waals surface area contributed by atoms with Gasteiger partial charge < -0.3 is 5.32 Å². The van der Waals surface area contributed by atoms with Gasteiger partial charge in [0.15, 0.2) is 0 Å². The molecule has 0 aromatic heterocycles. The topological polar surface area (TPSA) is 12.0 Å². The van der Waals surface area contributed by atoms with Gasteiger partial charge in [0.1, 0.15) is 0 Å². The van der Waals surface area contributed by atoms with E-state index in [2.05, 4.69) is 11.9 Å². The summed E-state index contributed by atoms with van der Waals surface area (Å²) in [5.41, 5.74) is 0. The standard InChI is InChI=1S/C6H12N/c1-2-4-6-7-5-3-1/h5,7H,1-4,6H2/q-1. The molecule has 1 nitrogen and oxygen atoms in total. The van der Waals surface area contributed by atoms with Crippen LogP contribution in [-0.2, 0) is 0 Å². The van der Waals surface area contributed by atoms with Crippen LogP contribution in [0.3, 0.4) is 0 Å². The van der Waals surface area contributed by atoms with Gasteiger partial charge in [-0.15, -0.1) is 0 Å². The summed E-state index contributed by atoms with van der Waals surface area (Å²) in [7, 11) is 0. The van der Waals surface area contributed by atoms with E-state index in [-0.39, 0.29) is 0 Å². The lowest BCUT2D eigenvalue weighted by Gasteiger charge is -2.06. The Morgan fingerprint density at radius 1 is 1.14 bits per heavy atom. The van der Waals surface area contributed by atoms with Gasteiger partial charge in [0.05, 0.1) is 0 Å². The fourth-order valence-corrected chi connectivity index (χ4v) is 0.854. The van der Waals surface area contributed by atoms with Crippen LogP contribution < -0.4 is 5.32 Å². The van der Waals surface area contributed by atoms with Gasteiger partial charge in [0, 0.05) is 0 Å². The van der Waals surface area contributed by atoms with Gasteiger partial charge in [-0.3, -0.25) is 6.54 Å². The van der Waals surface area contributed by atoms with Crippen molar-refractivity contribution in [1.82, 2.24) is 5.32 Å². The van der Waals surface area contributed by atoms with Crippen molar-refractivity contribution < 1.29 is 0 Å². The third-order valence-electron chi connectivity index (χ3n) is 1.31. The number of nitrogens with one attached hydrogen (secondary N) is 1. The number of rotatable bonds is 0. The second kappa shape index (κ2) is 3.03. The van der Waals surface area contributed by atoms with E-state index in [9.17, 15) is 0 Å². The molecule has 1 rings (SSSR count). The van der Waals surface area contributed by atoms with Crippen molar-refractivity contribution in [3.63, 3.8) is 0 Å². The average molecular weight is 98.2 g/mol. The SMILES string of the molecule is [CH-]1CCCCCN1. The first-order valence-corrected chi connectivity index (χ1v) is 3.05. The van der Waals surface area contributed by atoms with Crippen LogP contribution >= 0.6 is 0 Å². The molecule has 0 radical (unpaired) electrons. The zero-order valence-corrected chi connectivity index (χ0v) is 4.61. The van der Waals surface area contributed by atoms with Crippen molar-refractivity contribution in [3.05, 3.63) is 6.54 Å². The predicted octanol–water partition coefficient (Wildman–Crippen LogP) is 1.31. The zero-order valence-electron chi connectivity index (χ0n) is 4.61. The summed E-state index contributed by atoms with van der Waals surface area (Å²) in [6, 6.07) is 0. The summed E-state index contributed by atoms with van der Waals surface area (Å²) in [4.78, 5) is 0. The highest BCUT2D eigenvalue weighted by atomic mass is 14.8. The second-order valence-electron chi connectivity index (χ2n) is 2.01. The van der Waals surface area contributed by atoms with Crippen LogP contribution in [0.4, 0.5) is 0 Å². The Hall–Kier alpha value is -0.0400. The van der Waals surface area contributed by atoms with Crippen molar-refractivity contribution in [1.29, 1.82) is 0 Å². The molecule has 0 atom stereocenters. The van der Waals surface area contributed by atoms with Gasteiger partial charge in [0.2, 0.25) is 0 Å². The normalized spacial score (nSPS) is 24.0. The fraction of sp³-hybridized carbons (Fsp3) is 0.833. The quantitative estimate of drug-likeness (QED) is 0.450. The summed E-state index contributed by atoms with van der Waals surface area (Å²) in [5.74, 6) is 0. The maximum atomic E-state index is 3.22. The molecule has 1 saturated heterocycles. The average Bonchev–Trinajstić information content (AvgIpc) is 1.90. The van der Waals surface area contributed by atoms with E-state index in [0.29, 0.717) is 0 Å². The van der Waals surface area contributed by atoms with Gasteiger partial charge in [-0.05, 0) is 13.0 Å². The minimum absolute atomic E-state index is 1.19. The van der Waals surface area contributed by atoms with Gasteiger partial charge in [-0.25, -0.2) is 0 Å². The molecule has 1 N–H and O–H groups in total. The lowest BCUT2D eigenvalue weighted by atomic mass is 10.2. The molecule has 1 aliphatic heterocycles. The highest BCUT2D eigenvalue weighted by Gasteiger charge is 1.86. The van der Waals surface area contributed by atoms with Crippen molar-refractivity contribution in [2.75, 3.05) is 6.54 Å². The Labute approximate surface area is 45.1 Å². The molecule has 0 spiro atoms. The summed E-state index contributed by atoms with van der Waals surface area (Å²) >= 11 is 0. The van der Waals surface area contributed by atoms with Crippen molar-refractivity contribution in [3.8, 4) is 0 Å². The second-order valence-corrected chi connectivity index (χ2v) is 2.01. The summed E-state index contributed by atoms with van der Waals surface area (Å²) in [5, 5.41) is 3.22. The van der Waals surface area contributed by atoms with Gasteiger partial charge >= 0.3 is 0 Å². The van der Waals surface area contributed by atoms with Crippen LogP contribution in [0.25, 0.3) is 0 Å². The van der Waals surface area contributed by atoms with Crippen LogP contribution in [-0.4, -0.2) is 6.54 Å². The third-order valence-corrected chi connectivity index (χ3v) is 1.31. The molecule has 0 aliphatic carbocycles. The first kappa shape index (κ1) is 5.10. The predicted molar refractivity (Wildman–Crippen MR) is 30.8 cm³/mol. The summed E-state index contributed by atoms with van der Waals surface area (Å²) in [6.45, 7) is 3.37. The first-order chi connectivity index (χ1) is 3.50. The molecule has 0 unspecified atom stereocenters. The third kappa shape index (κ3) is 1.93. The highest BCUT2D eigenvalue weighted by Crippen LogP contribution is 2.03. The number of hydrogen-bond donors (Lipinski definition) is 1. The first-order valence-electron chi connectivity index (χ1n) is 3.05. The zero-order chi connectivity index (χ0) is 4.95. The Bertz CT molecular complexity index is 23.8. The van der Waals surface area contributed by atoms with E-state index in [1.807, 2.05) is 0 Å². The van der Waals surface area contributed by atoms with Crippen LogP contribution in [0.2, 0.25) is 0 Å². The molecule has 0 amide bonds. The van der Waals surface area contributed by atoms with Gasteiger partial charge in [0.25, 0.3) is 0 Å². The Kier molecular flexibility index (Phi) is 2.21. The molecule has 1 heteroatoms. The number of hydrogen-bond acceptors (Lipinski definition) is 1. The van der Waals surface area contributed by atoms with Crippen LogP contribution in [0, 0.1) is 6.54 Å². The van der Waals surface area contributed by atoms with E-state index < -0.39 is 0 Å². The molecule has 0 aromatic carbocycles. The molecule has 0 aromatic rings. The van der Waals surface area contributed by atoms with Gasteiger partial charge in [-0.1, -0.05) is 12.8 Å². The Morgan fingerprint density at radius 3 is 3.14 bits per heavy atom. The highest BCUT2D eigenvalue weighted by molar-refractivity contribution is 4.65. The maximum absolute atomic E-state index is 3.22. The van der Waals surface area contributed by atoms with Crippen LogP contribution in [0.5, 0.6) is 0 Å². The minimum atomic E-state index is 1.19. The lowest BCUT2D eigenvalue weighted by molar-refractivity contribution is 0.721. The smallest absolute Gasteiger partial charge is 0.0325 e. The van der Waals surface area contributed by atoms with E-state index in [0.717, 1.165) is 0 Å². The molecule has 1 fully saturated rings. The Balaban J connectivity index is 2.04. The van der Waals surface area contributed by atoms with Crippen LogP contribution in [0.1, 0.15) is 25.7 Å². The monoisotopic (exact) mass is 98.1 g/mol. The molecule has 42 valence electrons.